The first-order valence-electron chi connectivity index (χ1n) is 16.1. The van der Waals surface area contributed by atoms with E-state index in [1.165, 1.54) is 7.11 Å². The Hall–Kier alpha value is -5.86. The molecule has 0 radical (unpaired) electrons. The molecule has 0 saturated heterocycles. The van der Waals surface area contributed by atoms with Crippen LogP contribution in [0.25, 0.3) is 0 Å². The second kappa shape index (κ2) is 20.5. The molecule has 58 heavy (non-hydrogen) atoms. The number of fused-ring (bicyclic) bond motifs is 2. The van der Waals surface area contributed by atoms with Gasteiger partial charge in [-0.05, 0) is 24.3 Å². The maximum absolute atomic E-state index is 14.4. The van der Waals surface area contributed by atoms with Crippen molar-refractivity contribution in [3.63, 3.8) is 0 Å². The van der Waals surface area contributed by atoms with Gasteiger partial charge in [-0.1, -0.05) is 0 Å². The minimum atomic E-state index is -1.21. The second-order valence-corrected chi connectivity index (χ2v) is 11.9. The van der Waals surface area contributed by atoms with E-state index < -0.39 is 93.1 Å². The van der Waals surface area contributed by atoms with E-state index in [0.717, 1.165) is 37.4 Å². The average molecular weight is 870 g/mol. The van der Waals surface area contributed by atoms with Crippen molar-refractivity contribution in [2.24, 2.45) is 5.73 Å². The summed E-state index contributed by atoms with van der Waals surface area (Å²) >= 11 is 4.60. The number of carbonyl (C=O) groups excluding carboxylic acids is 4. The van der Waals surface area contributed by atoms with Crippen LogP contribution in [0.15, 0.2) is 48.5 Å². The third-order valence-corrected chi connectivity index (χ3v) is 8.09. The highest BCUT2D eigenvalue weighted by atomic mass is 35.5. The van der Waals surface area contributed by atoms with E-state index in [-0.39, 0.29) is 66.0 Å². The largest absolute Gasteiger partial charge is 0.492 e. The molecule has 6 rings (SSSR count). The van der Waals surface area contributed by atoms with Crippen LogP contribution in [0.2, 0.25) is 0 Å². The van der Waals surface area contributed by atoms with Gasteiger partial charge in [-0.25, -0.2) is 44.7 Å². The number of hydrogen-bond donors (Lipinski definition) is 4. The number of anilines is 2. The first-order valence-corrected chi connectivity index (χ1v) is 16.5. The number of carbonyl (C=O) groups is 4. The molecule has 0 unspecified atom stereocenters. The van der Waals surface area contributed by atoms with Crippen LogP contribution in [0.5, 0.6) is 11.5 Å². The number of rotatable bonds is 5. The third kappa shape index (κ3) is 11.2. The standard InChI is InChI=1S/C18H14F4N2O4.C16H12F4N2O2.C2H3ClO2.ClH/c1-27-18(26)24-13-4-5-28-16-14(13)11(21)7-12(22)15(16)17(25)23-8-2-3-9(19)10(20)6-8;17-8-2-1-7(5-9(8)18)22-16(23)14-11(20)6-10(19)13-12(21)3-4-24-15(13)14;1-5-2(3)4;/h2-3,6-7,13H,4-5H2,1H3,(H,23,25)(H,24,26);1-2,5-6,12H,3-4,21H2,(H,22,23);1H3;1H/t13-;12-;;/m00../s1. The molecule has 2 atom stereocenters. The number of alkyl carbamates (subject to hydrolysis) is 1. The summed E-state index contributed by atoms with van der Waals surface area (Å²) in [6.07, 6.45) is -0.358. The van der Waals surface area contributed by atoms with Crippen LogP contribution in [0.1, 0.15) is 56.8 Å². The molecule has 0 saturated carbocycles. The number of benzene rings is 4. The molecule has 0 aromatic heterocycles. The molecule has 0 fully saturated rings. The fourth-order valence-corrected chi connectivity index (χ4v) is 5.35. The van der Waals surface area contributed by atoms with Crippen LogP contribution in [0.3, 0.4) is 0 Å². The Balaban J connectivity index is 0.000000276. The normalized spacial score (nSPS) is 14.7. The molecule has 0 aliphatic carbocycles. The van der Waals surface area contributed by atoms with E-state index in [4.69, 9.17) is 15.2 Å². The van der Waals surface area contributed by atoms with Crippen molar-refractivity contribution in [3.8, 4) is 11.5 Å². The molecule has 0 spiro atoms. The van der Waals surface area contributed by atoms with Gasteiger partial charge >= 0.3 is 11.5 Å². The van der Waals surface area contributed by atoms with Gasteiger partial charge in [-0.15, -0.1) is 12.4 Å². The van der Waals surface area contributed by atoms with E-state index in [0.29, 0.717) is 24.6 Å². The molecule has 4 aromatic rings. The summed E-state index contributed by atoms with van der Waals surface area (Å²) in [4.78, 5) is 45.7. The topological polar surface area (TPSA) is 167 Å². The molecule has 4 aromatic carbocycles. The van der Waals surface area contributed by atoms with E-state index in [1.807, 2.05) is 0 Å². The minimum Gasteiger partial charge on any atom is -0.492 e. The Labute approximate surface area is 334 Å². The highest BCUT2D eigenvalue weighted by Gasteiger charge is 2.34. The lowest BCUT2D eigenvalue weighted by molar-refractivity contribution is 0.100. The minimum absolute atomic E-state index is 0. The lowest BCUT2D eigenvalue weighted by Gasteiger charge is -2.28. The molecular formula is C36H30Cl2F8N4O8. The zero-order chi connectivity index (χ0) is 42.1. The number of ether oxygens (including phenoxy) is 4. The van der Waals surface area contributed by atoms with Gasteiger partial charge in [0.1, 0.15) is 45.9 Å². The monoisotopic (exact) mass is 868 g/mol. The van der Waals surface area contributed by atoms with Gasteiger partial charge in [0.15, 0.2) is 23.3 Å². The van der Waals surface area contributed by atoms with Crippen molar-refractivity contribution in [2.45, 2.75) is 24.9 Å². The molecule has 0 bridgehead atoms. The van der Waals surface area contributed by atoms with E-state index in [2.05, 4.69) is 37.0 Å². The highest BCUT2D eigenvalue weighted by molar-refractivity contribution is 6.61. The lowest BCUT2D eigenvalue weighted by Crippen LogP contribution is -2.34. The first-order chi connectivity index (χ1) is 27.0. The predicted octanol–water partition coefficient (Wildman–Crippen LogP) is 8.37. The van der Waals surface area contributed by atoms with Crippen LogP contribution in [0.4, 0.5) is 56.1 Å². The van der Waals surface area contributed by atoms with Gasteiger partial charge < -0.3 is 40.6 Å². The number of nitrogens with two attached hydrogens (primary N) is 1. The maximum Gasteiger partial charge on any atom is 0.407 e. The molecule has 2 aliphatic rings. The van der Waals surface area contributed by atoms with E-state index in [9.17, 15) is 54.3 Å². The molecule has 2 aliphatic heterocycles. The Morgan fingerprint density at radius 1 is 0.638 bits per heavy atom. The second-order valence-electron chi connectivity index (χ2n) is 11.6. The van der Waals surface area contributed by atoms with Gasteiger partial charge in [0.25, 0.3) is 11.8 Å². The Kier molecular flexibility index (Phi) is 16.5. The van der Waals surface area contributed by atoms with Crippen LogP contribution < -0.4 is 31.2 Å². The lowest BCUT2D eigenvalue weighted by atomic mass is 9.96. The summed E-state index contributed by atoms with van der Waals surface area (Å²) in [5.74, 6) is -11.6. The molecule has 312 valence electrons. The fraction of sp³-hybridized carbons (Fsp3) is 0.222. The van der Waals surface area contributed by atoms with Gasteiger partial charge in [-0.3, -0.25) is 9.59 Å². The Morgan fingerprint density at radius 3 is 1.50 bits per heavy atom. The van der Waals surface area contributed by atoms with Crippen molar-refractivity contribution < 1.29 is 73.2 Å². The quantitative estimate of drug-likeness (QED) is 0.114. The summed E-state index contributed by atoms with van der Waals surface area (Å²) in [7, 11) is 2.34. The molecule has 3 amide bonds. The number of amides is 3. The van der Waals surface area contributed by atoms with Gasteiger partial charge in [0, 0.05) is 71.7 Å². The van der Waals surface area contributed by atoms with Gasteiger partial charge in [0.2, 0.25) is 0 Å². The highest BCUT2D eigenvalue weighted by Crippen LogP contribution is 2.40. The van der Waals surface area contributed by atoms with Crippen molar-refractivity contribution in [2.75, 3.05) is 38.1 Å². The van der Waals surface area contributed by atoms with Crippen molar-refractivity contribution in [3.05, 3.63) is 117 Å². The maximum atomic E-state index is 14.4. The SMILES string of the molecule is COC(=O)Cl.COC(=O)N[C@H]1CCOc2c(C(=O)Nc3ccc(F)c(F)c3)c(F)cc(F)c21.Cl.N[C@H]1CCOc2c(C(=O)Nc3ccc(F)c(F)c3)c(F)cc(F)c21. The summed E-state index contributed by atoms with van der Waals surface area (Å²) in [5, 5.41) is 6.81. The average Bonchev–Trinajstić information content (AvgIpc) is 3.15. The molecule has 22 heteroatoms. The van der Waals surface area contributed by atoms with Crippen molar-refractivity contribution >= 4 is 58.7 Å². The zero-order valence-electron chi connectivity index (χ0n) is 29.8. The van der Waals surface area contributed by atoms with E-state index in [1.54, 1.807) is 0 Å². The van der Waals surface area contributed by atoms with Crippen LogP contribution in [0, 0.1) is 46.5 Å². The molecule has 5 N–H and O–H groups in total. The van der Waals surface area contributed by atoms with Crippen molar-refractivity contribution in [1.82, 2.24) is 5.32 Å². The summed E-state index contributed by atoms with van der Waals surface area (Å²) in [6.45, 7) is 0.0680. The van der Waals surface area contributed by atoms with E-state index >= 15 is 0 Å². The van der Waals surface area contributed by atoms with Crippen LogP contribution >= 0.6 is 24.0 Å². The fourth-order valence-electron chi connectivity index (χ4n) is 5.35. The summed E-state index contributed by atoms with van der Waals surface area (Å²) < 4.78 is 128. The van der Waals surface area contributed by atoms with Crippen LogP contribution in [-0.4, -0.2) is 50.8 Å². The summed E-state index contributed by atoms with van der Waals surface area (Å²) in [5.41, 5.74) is 3.33. The van der Waals surface area contributed by atoms with Gasteiger partial charge in [-0.2, -0.15) is 0 Å². The molecule has 12 nitrogen and oxygen atoms in total. The predicted molar refractivity (Wildman–Crippen MR) is 192 cm³/mol. The zero-order valence-corrected chi connectivity index (χ0v) is 31.3. The smallest absolute Gasteiger partial charge is 0.407 e. The first kappa shape index (κ1) is 46.5. The Morgan fingerprint density at radius 2 is 1.07 bits per heavy atom. The summed E-state index contributed by atoms with van der Waals surface area (Å²) in [6, 6.07) is 4.63. The molecule has 2 heterocycles. The van der Waals surface area contributed by atoms with Crippen molar-refractivity contribution in [1.29, 1.82) is 0 Å². The van der Waals surface area contributed by atoms with Gasteiger partial charge in [0.05, 0.1) is 39.0 Å². The number of methoxy groups -OCH3 is 2. The van der Waals surface area contributed by atoms with Crippen LogP contribution in [-0.2, 0) is 9.47 Å². The number of hydrogen-bond acceptors (Lipinski definition) is 9. The number of halogens is 10. The number of nitrogens with one attached hydrogen (secondary N) is 3. The molecular weight excluding hydrogens is 839 g/mol. The third-order valence-electron chi connectivity index (χ3n) is 7.94. The Bertz CT molecular complexity index is 2200.